The number of pyridine rings is 2. The van der Waals surface area contributed by atoms with Crippen LogP contribution in [0.5, 0.6) is 0 Å². The molecule has 2 N–H and O–H groups in total. The van der Waals surface area contributed by atoms with Gasteiger partial charge < -0.3 is 25.1 Å². The van der Waals surface area contributed by atoms with Gasteiger partial charge in [-0.1, -0.05) is 32.9 Å². The van der Waals surface area contributed by atoms with E-state index in [4.69, 9.17) is 4.74 Å². The first-order valence-electron chi connectivity index (χ1n) is 15.3. The van der Waals surface area contributed by atoms with Gasteiger partial charge in [-0.05, 0) is 42.3 Å². The molecule has 3 aromatic rings. The molecule has 12 heteroatoms. The van der Waals surface area contributed by atoms with Crippen molar-refractivity contribution in [3.8, 4) is 0 Å². The first-order valence-corrected chi connectivity index (χ1v) is 15.3. The highest BCUT2D eigenvalue weighted by atomic mass is 16.5. The third kappa shape index (κ3) is 6.06. The van der Waals surface area contributed by atoms with Crippen molar-refractivity contribution in [1.82, 2.24) is 25.3 Å². The third-order valence-corrected chi connectivity index (χ3v) is 8.38. The number of nitrogens with one attached hydrogen (secondary N) is 1. The number of benzene rings is 1. The van der Waals surface area contributed by atoms with Crippen LogP contribution in [-0.4, -0.2) is 94.9 Å². The van der Waals surface area contributed by atoms with Crippen LogP contribution >= 0.6 is 0 Å². The lowest BCUT2D eigenvalue weighted by Crippen LogP contribution is -2.49. The number of aromatic nitrogens is 2. The maximum Gasteiger partial charge on any atom is 0.260 e. The SMILES string of the molecule is CN1NC(c2cccc(N3CCc4cc(C(C)(C)C)ncc4C3=O)c2C=O)=CC(=Nc2ccc(C(=O)N3CCOCC3)cn2)C1O. The van der Waals surface area contributed by atoms with Crippen molar-refractivity contribution >= 4 is 41.0 Å². The highest BCUT2D eigenvalue weighted by Crippen LogP contribution is 2.33. The Morgan fingerprint density at radius 1 is 1.09 bits per heavy atom. The van der Waals surface area contributed by atoms with E-state index in [0.717, 1.165) is 17.5 Å². The molecule has 0 saturated carbocycles. The van der Waals surface area contributed by atoms with Crippen molar-refractivity contribution in [2.45, 2.75) is 38.8 Å². The number of aliphatic imine (C=N–C) groups is 1. The van der Waals surface area contributed by atoms with E-state index in [0.29, 0.717) is 78.7 Å². The van der Waals surface area contributed by atoms with E-state index in [2.05, 4.69) is 41.2 Å². The Balaban J connectivity index is 1.29. The van der Waals surface area contributed by atoms with Crippen LogP contribution in [0.2, 0.25) is 0 Å². The quantitative estimate of drug-likeness (QED) is 0.410. The summed E-state index contributed by atoms with van der Waals surface area (Å²) in [5, 5.41) is 12.4. The normalized spacial score (nSPS) is 19.8. The number of hydrogen-bond acceptors (Lipinski definition) is 10. The van der Waals surface area contributed by atoms with Crippen molar-refractivity contribution < 1.29 is 24.2 Å². The number of ether oxygens (including phenoxy) is 1. The number of anilines is 1. The van der Waals surface area contributed by atoms with E-state index in [-0.39, 0.29) is 22.9 Å². The molecule has 3 aliphatic rings. The number of aliphatic hydroxyl groups is 1. The molecule has 6 rings (SSSR count). The van der Waals surface area contributed by atoms with Crippen molar-refractivity contribution in [3.05, 3.63) is 88.4 Å². The number of carbonyl (C=O) groups excluding carboxylic acids is 3. The molecule has 1 fully saturated rings. The average molecular weight is 624 g/mol. The molecule has 1 atom stereocenters. The van der Waals surface area contributed by atoms with Crippen LogP contribution in [0.4, 0.5) is 11.5 Å². The van der Waals surface area contributed by atoms with Crippen LogP contribution in [0.15, 0.2) is 59.9 Å². The number of hydrazine groups is 1. The molecule has 0 bridgehead atoms. The van der Waals surface area contributed by atoms with Crippen molar-refractivity contribution in [1.29, 1.82) is 0 Å². The Morgan fingerprint density at radius 3 is 2.57 bits per heavy atom. The van der Waals surface area contributed by atoms with Crippen LogP contribution in [0.25, 0.3) is 5.70 Å². The second-order valence-corrected chi connectivity index (χ2v) is 12.5. The van der Waals surface area contributed by atoms with E-state index < -0.39 is 6.23 Å². The topological polar surface area (TPSA) is 141 Å². The molecular formula is C34H37N7O5. The molecule has 1 aromatic carbocycles. The molecule has 0 radical (unpaired) electrons. The number of amides is 2. The zero-order valence-corrected chi connectivity index (χ0v) is 26.4. The number of rotatable bonds is 5. The van der Waals surface area contributed by atoms with E-state index in [1.165, 1.54) is 11.2 Å². The Kier molecular flexibility index (Phi) is 8.51. The second-order valence-electron chi connectivity index (χ2n) is 12.5. The van der Waals surface area contributed by atoms with E-state index in [1.807, 2.05) is 6.07 Å². The van der Waals surface area contributed by atoms with Gasteiger partial charge in [0.25, 0.3) is 11.8 Å². The average Bonchev–Trinajstić information content (AvgIpc) is 3.06. The standard InChI is InChI=1S/C34H37N7O5/c1-34(2,3)29-16-21-10-11-41(32(44)24(21)19-35-29)28-7-5-6-23(25(28)20-42)26-17-27(33(45)39(4)38-26)37-30-9-8-22(18-36-30)31(43)40-12-14-46-15-13-40/h5-9,16-20,33,38,45H,10-15H2,1-4H3. The molecule has 0 aliphatic carbocycles. The van der Waals surface area contributed by atoms with Gasteiger partial charge in [0.05, 0.1) is 41.4 Å². The summed E-state index contributed by atoms with van der Waals surface area (Å²) in [6.45, 7) is 8.74. The molecule has 46 heavy (non-hydrogen) atoms. The molecule has 12 nitrogen and oxygen atoms in total. The maximum absolute atomic E-state index is 13.7. The zero-order valence-electron chi connectivity index (χ0n) is 26.4. The van der Waals surface area contributed by atoms with Crippen molar-refractivity contribution in [2.75, 3.05) is 44.8 Å². The number of hydrogen-bond donors (Lipinski definition) is 2. The zero-order chi connectivity index (χ0) is 32.6. The van der Waals surface area contributed by atoms with Gasteiger partial charge in [0.2, 0.25) is 0 Å². The monoisotopic (exact) mass is 623 g/mol. The molecule has 0 spiro atoms. The van der Waals surface area contributed by atoms with Gasteiger partial charge in [-0.3, -0.25) is 19.4 Å². The number of aldehydes is 1. The fourth-order valence-corrected chi connectivity index (χ4v) is 5.75. The molecule has 5 heterocycles. The van der Waals surface area contributed by atoms with Crippen LogP contribution in [0.3, 0.4) is 0 Å². The smallest absolute Gasteiger partial charge is 0.260 e. The lowest BCUT2D eigenvalue weighted by molar-refractivity contribution is 0.0302. The minimum absolute atomic E-state index is 0.123. The lowest BCUT2D eigenvalue weighted by atomic mass is 9.88. The van der Waals surface area contributed by atoms with Crippen LogP contribution in [0.1, 0.15) is 68.7 Å². The summed E-state index contributed by atoms with van der Waals surface area (Å²) >= 11 is 0. The largest absolute Gasteiger partial charge is 0.378 e. The fraction of sp³-hybridized carbons (Fsp3) is 0.353. The number of aliphatic hydroxyl groups excluding tert-OH is 1. The Morgan fingerprint density at radius 2 is 1.87 bits per heavy atom. The van der Waals surface area contributed by atoms with E-state index >= 15 is 0 Å². The van der Waals surface area contributed by atoms with Crippen molar-refractivity contribution in [2.24, 2.45) is 4.99 Å². The minimum Gasteiger partial charge on any atom is -0.378 e. The molecule has 2 aromatic heterocycles. The summed E-state index contributed by atoms with van der Waals surface area (Å²) in [4.78, 5) is 55.9. The van der Waals surface area contributed by atoms with Crippen molar-refractivity contribution in [3.63, 3.8) is 0 Å². The van der Waals surface area contributed by atoms with Gasteiger partial charge in [0.1, 0.15) is 0 Å². The maximum atomic E-state index is 13.7. The first-order chi connectivity index (χ1) is 22.0. The molecule has 238 valence electrons. The fourth-order valence-electron chi connectivity index (χ4n) is 5.75. The second kappa shape index (κ2) is 12.5. The van der Waals surface area contributed by atoms with Gasteiger partial charge in [-0.15, -0.1) is 0 Å². The number of fused-ring (bicyclic) bond motifs is 1. The third-order valence-electron chi connectivity index (χ3n) is 8.38. The van der Waals surface area contributed by atoms with Gasteiger partial charge >= 0.3 is 0 Å². The Bertz CT molecular complexity index is 1740. The molecule has 3 aliphatic heterocycles. The predicted octanol–water partition coefficient (Wildman–Crippen LogP) is 3.14. The summed E-state index contributed by atoms with van der Waals surface area (Å²) < 4.78 is 5.33. The van der Waals surface area contributed by atoms with Crippen LogP contribution in [-0.2, 0) is 16.6 Å². The first kappa shape index (κ1) is 31.2. The van der Waals surface area contributed by atoms with Crippen LogP contribution < -0.4 is 10.3 Å². The van der Waals surface area contributed by atoms with Gasteiger partial charge in [0.15, 0.2) is 18.3 Å². The van der Waals surface area contributed by atoms with Gasteiger partial charge in [-0.25, -0.2) is 9.98 Å². The Labute approximate surface area is 267 Å². The van der Waals surface area contributed by atoms with Crippen LogP contribution in [0, 0.1) is 0 Å². The molecule has 2 amide bonds. The summed E-state index contributed by atoms with van der Waals surface area (Å²) in [5.41, 5.74) is 7.97. The number of nitrogens with zero attached hydrogens (tertiary/aromatic N) is 6. The molecular weight excluding hydrogens is 586 g/mol. The van der Waals surface area contributed by atoms with Gasteiger partial charge in [0, 0.05) is 61.3 Å². The number of carbonyl (C=O) groups is 3. The predicted molar refractivity (Wildman–Crippen MR) is 173 cm³/mol. The number of morpholine rings is 1. The highest BCUT2D eigenvalue weighted by molar-refractivity contribution is 6.11. The summed E-state index contributed by atoms with van der Waals surface area (Å²) in [7, 11) is 1.65. The summed E-state index contributed by atoms with van der Waals surface area (Å²) in [6.07, 6.45) is 5.01. The summed E-state index contributed by atoms with van der Waals surface area (Å²) in [5.74, 6) is -0.0261. The van der Waals surface area contributed by atoms with Gasteiger partial charge in [-0.2, -0.15) is 5.01 Å². The Hall–Kier alpha value is -4.78. The molecule has 1 unspecified atom stereocenters. The lowest BCUT2D eigenvalue weighted by Gasteiger charge is -2.33. The summed E-state index contributed by atoms with van der Waals surface area (Å²) in [6, 6.07) is 10.6. The highest BCUT2D eigenvalue weighted by Gasteiger charge is 2.31. The van der Waals surface area contributed by atoms with E-state index in [9.17, 15) is 19.5 Å². The minimum atomic E-state index is -1.12. The van der Waals surface area contributed by atoms with E-state index in [1.54, 1.807) is 59.5 Å². The molecule has 1 saturated heterocycles.